The molecule has 3 nitrogen and oxygen atoms in total. The summed E-state index contributed by atoms with van der Waals surface area (Å²) >= 11 is 0. The van der Waals surface area contributed by atoms with Crippen LogP contribution in [0.5, 0.6) is 0 Å². The molecule has 0 amide bonds. The summed E-state index contributed by atoms with van der Waals surface area (Å²) in [5.74, 6) is -2.02. The quantitative estimate of drug-likeness (QED) is 0.528. The molecular weight excluding hydrogens is 385 g/mol. The van der Waals surface area contributed by atoms with Crippen molar-refractivity contribution in [2.24, 2.45) is 17.3 Å². The minimum atomic E-state index is -6.08. The summed E-state index contributed by atoms with van der Waals surface area (Å²) in [6.45, 7) is 5.72. The fraction of sp³-hybridized carbons (Fsp3) is 0.941. The monoisotopic (exact) mass is 410 g/mol. The van der Waals surface area contributed by atoms with Gasteiger partial charge in [-0.25, -0.2) is 4.39 Å². The molecule has 0 aromatic carbocycles. The highest BCUT2D eigenvalue weighted by Gasteiger charge is 2.83. The number of hydrogen-bond acceptors (Lipinski definition) is 3. The van der Waals surface area contributed by atoms with E-state index in [0.717, 1.165) is 6.42 Å². The van der Waals surface area contributed by atoms with Gasteiger partial charge in [0.15, 0.2) is 5.67 Å². The van der Waals surface area contributed by atoms with Crippen molar-refractivity contribution in [3.8, 4) is 0 Å². The number of hydrogen-bond donors (Lipinski definition) is 1. The van der Waals surface area contributed by atoms with Crippen molar-refractivity contribution in [2.75, 3.05) is 7.11 Å². The number of aliphatic hydroxyl groups is 1. The average Bonchev–Trinajstić information content (AvgIpc) is 3.12. The van der Waals surface area contributed by atoms with Gasteiger partial charge in [-0.2, -0.15) is 26.3 Å². The molecule has 10 heteroatoms. The largest absolute Gasteiger partial charge is 0.469 e. The molecule has 0 aromatic rings. The summed E-state index contributed by atoms with van der Waals surface area (Å²) in [7, 11) is 1.42. The van der Waals surface area contributed by atoms with E-state index >= 15 is 0 Å². The van der Waals surface area contributed by atoms with Crippen molar-refractivity contribution in [1.29, 1.82) is 0 Å². The number of methoxy groups -OCH3 is 1. The van der Waals surface area contributed by atoms with Gasteiger partial charge in [-0.3, -0.25) is 4.79 Å². The second-order valence-electron chi connectivity index (χ2n) is 7.88. The predicted octanol–water partition coefficient (Wildman–Crippen LogP) is 4.97. The Kier molecular flexibility index (Phi) is 6.57. The molecule has 2 rings (SSSR count). The first-order valence-corrected chi connectivity index (χ1v) is 8.61. The normalized spacial score (nSPS) is 28.6. The lowest BCUT2D eigenvalue weighted by molar-refractivity contribution is -0.408. The van der Waals surface area contributed by atoms with E-state index in [2.05, 4.69) is 4.74 Å². The molecule has 3 atom stereocenters. The molecule has 2 fully saturated rings. The Bertz CT molecular complexity index is 528. The standard InChI is InChI=1S/C10H11F7O.C7H14O2/c11-7(4-5-1-2-6(7)3-5)8(18,9(12,13)14)10(15,16)17;1-5-7(2,3)6(8)9-4/h5-6,18H,1-4H2;5H2,1-4H3. The molecule has 160 valence electrons. The molecule has 0 spiro atoms. The molecule has 2 aliphatic rings. The van der Waals surface area contributed by atoms with Crippen LogP contribution in [0.3, 0.4) is 0 Å². The zero-order chi connectivity index (χ0) is 21.5. The lowest BCUT2D eigenvalue weighted by Crippen LogP contribution is -2.70. The highest BCUT2D eigenvalue weighted by molar-refractivity contribution is 5.75. The third kappa shape index (κ3) is 4.05. The average molecular weight is 410 g/mol. The van der Waals surface area contributed by atoms with Gasteiger partial charge in [-0.05, 0) is 57.8 Å². The first kappa shape index (κ1) is 24.0. The van der Waals surface area contributed by atoms with Gasteiger partial charge >= 0.3 is 18.3 Å². The van der Waals surface area contributed by atoms with Crippen molar-refractivity contribution >= 4 is 5.97 Å². The van der Waals surface area contributed by atoms with Gasteiger partial charge in [0.25, 0.3) is 5.60 Å². The maximum Gasteiger partial charge on any atom is 0.429 e. The summed E-state index contributed by atoms with van der Waals surface area (Å²) in [4.78, 5) is 10.8. The van der Waals surface area contributed by atoms with Gasteiger partial charge in [0.2, 0.25) is 0 Å². The molecule has 27 heavy (non-hydrogen) atoms. The molecule has 0 saturated heterocycles. The Morgan fingerprint density at radius 3 is 1.81 bits per heavy atom. The second kappa shape index (κ2) is 7.40. The fourth-order valence-electron chi connectivity index (χ4n) is 3.76. The molecule has 2 bridgehead atoms. The van der Waals surface area contributed by atoms with Crippen LogP contribution in [0, 0.1) is 17.3 Å². The molecule has 0 heterocycles. The van der Waals surface area contributed by atoms with Crippen LogP contribution in [0.1, 0.15) is 52.9 Å². The van der Waals surface area contributed by atoms with Crippen LogP contribution in [0.4, 0.5) is 30.7 Å². The Morgan fingerprint density at radius 1 is 1.11 bits per heavy atom. The number of carbonyl (C=O) groups excluding carboxylic acids is 1. The first-order chi connectivity index (χ1) is 12.0. The number of rotatable bonds is 3. The fourth-order valence-corrected chi connectivity index (χ4v) is 3.76. The van der Waals surface area contributed by atoms with E-state index < -0.39 is 41.9 Å². The van der Waals surface area contributed by atoms with Crippen LogP contribution < -0.4 is 0 Å². The van der Waals surface area contributed by atoms with Crippen molar-refractivity contribution in [2.45, 2.75) is 76.5 Å². The zero-order valence-electron chi connectivity index (χ0n) is 15.6. The van der Waals surface area contributed by atoms with Crippen molar-refractivity contribution in [3.63, 3.8) is 0 Å². The lowest BCUT2D eigenvalue weighted by atomic mass is 9.72. The summed E-state index contributed by atoms with van der Waals surface area (Å²) in [5, 5.41) is 9.14. The maximum atomic E-state index is 14.4. The smallest absolute Gasteiger partial charge is 0.429 e. The van der Waals surface area contributed by atoms with Crippen LogP contribution in [0.25, 0.3) is 0 Å². The molecule has 0 aliphatic heterocycles. The Balaban J connectivity index is 0.000000345. The van der Waals surface area contributed by atoms with Gasteiger partial charge in [0, 0.05) is 0 Å². The molecule has 2 aliphatic carbocycles. The van der Waals surface area contributed by atoms with Crippen LogP contribution in [-0.2, 0) is 9.53 Å². The Labute approximate surface area is 153 Å². The SMILES string of the molecule is CCC(C)(C)C(=O)OC.OC(C(F)(F)F)(C(F)(F)F)C1(F)CC2CCC1C2. The van der Waals surface area contributed by atoms with E-state index in [4.69, 9.17) is 5.11 Å². The van der Waals surface area contributed by atoms with E-state index in [1.165, 1.54) is 7.11 Å². The van der Waals surface area contributed by atoms with Gasteiger partial charge in [-0.1, -0.05) is 6.92 Å². The molecular formula is C17H25F7O3. The number of ether oxygens (including phenoxy) is 1. The summed E-state index contributed by atoms with van der Waals surface area (Å²) in [6.07, 6.45) is -11.9. The number of alkyl halides is 7. The van der Waals surface area contributed by atoms with Crippen molar-refractivity contribution in [1.82, 2.24) is 0 Å². The predicted molar refractivity (Wildman–Crippen MR) is 82.4 cm³/mol. The number of esters is 1. The highest BCUT2D eigenvalue weighted by Crippen LogP contribution is 2.63. The zero-order valence-corrected chi connectivity index (χ0v) is 15.6. The highest BCUT2D eigenvalue weighted by atomic mass is 19.4. The topological polar surface area (TPSA) is 46.5 Å². The molecule has 1 N–H and O–H groups in total. The van der Waals surface area contributed by atoms with Gasteiger partial charge in [-0.15, -0.1) is 0 Å². The second-order valence-corrected chi connectivity index (χ2v) is 7.88. The van der Waals surface area contributed by atoms with E-state index in [0.29, 0.717) is 6.42 Å². The third-order valence-electron chi connectivity index (χ3n) is 5.82. The Morgan fingerprint density at radius 2 is 1.59 bits per heavy atom. The number of fused-ring (bicyclic) bond motifs is 2. The summed E-state index contributed by atoms with van der Waals surface area (Å²) in [5.41, 5.74) is -9.24. The Hall–Kier alpha value is -1.06. The van der Waals surface area contributed by atoms with Gasteiger partial charge in [0.05, 0.1) is 12.5 Å². The van der Waals surface area contributed by atoms with E-state index in [9.17, 15) is 35.5 Å². The van der Waals surface area contributed by atoms with Crippen LogP contribution in [-0.4, -0.2) is 41.8 Å². The molecule has 2 saturated carbocycles. The van der Waals surface area contributed by atoms with Crippen LogP contribution >= 0.6 is 0 Å². The number of halogens is 7. The molecule has 0 aromatic heterocycles. The minimum absolute atomic E-state index is 0.0228. The van der Waals surface area contributed by atoms with E-state index in [1.807, 2.05) is 20.8 Å². The van der Waals surface area contributed by atoms with Gasteiger partial charge in [0.1, 0.15) is 0 Å². The first-order valence-electron chi connectivity index (χ1n) is 8.61. The van der Waals surface area contributed by atoms with Crippen molar-refractivity contribution in [3.05, 3.63) is 0 Å². The maximum absolute atomic E-state index is 14.4. The molecule has 3 unspecified atom stereocenters. The third-order valence-corrected chi connectivity index (χ3v) is 5.82. The molecule has 0 radical (unpaired) electrons. The minimum Gasteiger partial charge on any atom is -0.469 e. The summed E-state index contributed by atoms with van der Waals surface area (Å²) < 4.78 is 94.6. The van der Waals surface area contributed by atoms with Crippen LogP contribution in [0.2, 0.25) is 0 Å². The summed E-state index contributed by atoms with van der Waals surface area (Å²) in [6, 6.07) is 0. The van der Waals surface area contributed by atoms with Crippen LogP contribution in [0.15, 0.2) is 0 Å². The lowest BCUT2D eigenvalue weighted by Gasteiger charge is -2.45. The van der Waals surface area contributed by atoms with Crippen molar-refractivity contribution < 1.29 is 45.4 Å². The van der Waals surface area contributed by atoms with Gasteiger partial charge < -0.3 is 9.84 Å². The van der Waals surface area contributed by atoms with E-state index in [1.54, 1.807) is 0 Å². The number of carbonyl (C=O) groups is 1. The van der Waals surface area contributed by atoms with E-state index in [-0.39, 0.29) is 24.2 Å².